The van der Waals surface area contributed by atoms with Crippen molar-refractivity contribution in [2.24, 2.45) is 0 Å². The van der Waals surface area contributed by atoms with Crippen LogP contribution in [0.1, 0.15) is 33.4 Å². The number of hydrogen-bond donors (Lipinski definition) is 6. The molecule has 0 aliphatic rings. The number of nitrogens with one attached hydrogen (secondary N) is 6. The second-order valence-electron chi connectivity index (χ2n) is 13.5. The molecule has 0 spiro atoms. The van der Waals surface area contributed by atoms with Crippen molar-refractivity contribution in [2.45, 2.75) is 25.9 Å². The van der Waals surface area contributed by atoms with Crippen LogP contribution in [0.5, 0.6) is 0 Å². The van der Waals surface area contributed by atoms with Crippen molar-refractivity contribution in [3.63, 3.8) is 0 Å². The molecule has 0 fully saturated rings. The fourth-order valence-corrected chi connectivity index (χ4v) is 7.36. The Balaban J connectivity index is 0.000000108. The molecule has 12 aromatic rings. The topological polar surface area (TPSA) is 260 Å². The first kappa shape index (κ1) is 40.9. The number of nitrogens with zero attached hydrogens (tertiary/aromatic N) is 12. The molecule has 12 heterocycles. The summed E-state index contributed by atoms with van der Waals surface area (Å²) in [4.78, 5) is 60.7. The summed E-state index contributed by atoms with van der Waals surface area (Å²) in [6, 6.07) is 5.75. The van der Waals surface area contributed by atoms with Crippen molar-refractivity contribution in [1.29, 1.82) is 0 Å². The minimum absolute atomic E-state index is 0.656. The average molecular weight is 891 g/mol. The zero-order valence-electron chi connectivity index (χ0n) is 33.7. The Morgan fingerprint density at radius 2 is 1.19 bits per heavy atom. The molecule has 12 aromatic heterocycles. The smallest absolute Gasteiger partial charge is 0.176 e. The number of furan rings is 2. The summed E-state index contributed by atoms with van der Waals surface area (Å²) in [7, 11) is 0. The molecule has 20 nitrogen and oxygen atoms in total. The van der Waals surface area contributed by atoms with Crippen molar-refractivity contribution in [1.82, 2.24) is 88.9 Å². The summed E-state index contributed by atoms with van der Waals surface area (Å²) in [6.07, 6.45) is 33.4. The number of rotatable bonds is 12. The van der Waals surface area contributed by atoms with Crippen molar-refractivity contribution < 1.29 is 8.83 Å². The molecular formula is C42H38N18O2S2. The first-order valence-electron chi connectivity index (χ1n) is 19.6. The van der Waals surface area contributed by atoms with Crippen LogP contribution in [0.15, 0.2) is 155 Å². The van der Waals surface area contributed by atoms with Gasteiger partial charge in [-0.3, -0.25) is 0 Å². The van der Waals surface area contributed by atoms with E-state index in [1.54, 1.807) is 103 Å². The number of thiazole rings is 2. The zero-order valence-corrected chi connectivity index (χ0v) is 35.3. The number of H-pyrrole nitrogens is 6. The van der Waals surface area contributed by atoms with Gasteiger partial charge in [0.1, 0.15) is 10.8 Å². The van der Waals surface area contributed by atoms with E-state index in [-0.39, 0.29) is 0 Å². The van der Waals surface area contributed by atoms with Gasteiger partial charge in [-0.2, -0.15) is 0 Å². The first-order chi connectivity index (χ1) is 31.7. The second-order valence-corrected chi connectivity index (χ2v) is 15.2. The summed E-state index contributed by atoms with van der Waals surface area (Å²) < 4.78 is 14.3. The maximum atomic E-state index is 5.30. The van der Waals surface area contributed by atoms with Crippen LogP contribution < -0.4 is 0 Å². The van der Waals surface area contributed by atoms with Gasteiger partial charge in [0.15, 0.2) is 46.6 Å². The Morgan fingerprint density at radius 3 is 1.70 bits per heavy atom. The number of aromatic nitrogens is 18. The molecule has 0 bridgehead atoms. The molecule has 0 saturated carbocycles. The van der Waals surface area contributed by atoms with Gasteiger partial charge in [0.05, 0.1) is 43.1 Å². The van der Waals surface area contributed by atoms with Gasteiger partial charge in [-0.1, -0.05) is 0 Å². The van der Waals surface area contributed by atoms with E-state index in [1.807, 2.05) is 74.6 Å². The lowest BCUT2D eigenvalue weighted by molar-refractivity contribution is 0.494. The van der Waals surface area contributed by atoms with Gasteiger partial charge in [-0.15, -0.1) is 22.7 Å². The maximum Gasteiger partial charge on any atom is 0.176 e. The van der Waals surface area contributed by atoms with Gasteiger partial charge in [0.25, 0.3) is 0 Å². The van der Waals surface area contributed by atoms with Crippen LogP contribution in [-0.2, 0) is 25.9 Å². The van der Waals surface area contributed by atoms with E-state index in [0.717, 1.165) is 99.4 Å². The third kappa shape index (κ3) is 10.7. The van der Waals surface area contributed by atoms with E-state index in [2.05, 4.69) is 79.7 Å². The molecule has 0 aliphatic carbocycles. The van der Waals surface area contributed by atoms with Crippen LogP contribution in [-0.4, -0.2) is 88.9 Å². The van der Waals surface area contributed by atoms with E-state index < -0.39 is 0 Å². The standard InChI is InChI=1S/2C11H10N4O.2C10H9N5S/c1-4-16-7-8(1)5-9-6-14-11(15-9)10-12-2-3-13-10;1-2-9(16-7-1)8-15-6-5-14-11(15)10-12-3-4-13-10;1-2-12-9(11-1)10-13-4-7(15-10)3-8-5-16-6-14-8;1-2-13-9(12-1)10-14-3-5-15(10)7-8-11-4-6-16-8/h1-4,6-7H,5H2,(H,12,13)(H,14,15);1-7H,8H2,(H,12,13);1-2,4-6H,3H2,(H,11,12)(H,13,15);1-6H,7H2,(H,12,13). The number of imidazole rings is 8. The van der Waals surface area contributed by atoms with Gasteiger partial charge >= 0.3 is 0 Å². The van der Waals surface area contributed by atoms with E-state index in [0.29, 0.717) is 6.54 Å². The summed E-state index contributed by atoms with van der Waals surface area (Å²) in [5.74, 6) is 7.09. The molecule has 0 amide bonds. The highest BCUT2D eigenvalue weighted by Crippen LogP contribution is 2.17. The highest BCUT2D eigenvalue weighted by molar-refractivity contribution is 7.09. The Morgan fingerprint density at radius 1 is 0.562 bits per heavy atom. The summed E-state index contributed by atoms with van der Waals surface area (Å²) in [6.45, 7) is 1.39. The SMILES string of the molecule is c1c[nH]c(-c2ncc(Cc3ccoc3)[nH]2)n1.c1c[nH]c(-c2ncc(Cc3cscn3)[nH]2)n1.c1c[nH]c(-c2nccn2Cc2nccs2)n1.c1coc(Cn2ccnc2-c2ncc[nH]2)c1. The number of hydrogen-bond acceptors (Lipinski definition) is 14. The molecule has 0 unspecified atom stereocenters. The quantitative estimate of drug-likeness (QED) is 0.0696. The third-order valence-corrected chi connectivity index (χ3v) is 10.5. The van der Waals surface area contributed by atoms with Gasteiger partial charge in [0.2, 0.25) is 0 Å². The minimum atomic E-state index is 0.656. The normalized spacial score (nSPS) is 10.8. The van der Waals surface area contributed by atoms with Crippen LogP contribution in [0.4, 0.5) is 0 Å². The Labute approximate surface area is 371 Å². The summed E-state index contributed by atoms with van der Waals surface area (Å²) >= 11 is 3.24. The van der Waals surface area contributed by atoms with Gasteiger partial charge in [0, 0.05) is 128 Å². The van der Waals surface area contributed by atoms with Gasteiger partial charge in [-0.25, -0.2) is 49.8 Å². The first-order valence-corrected chi connectivity index (χ1v) is 21.4. The lowest BCUT2D eigenvalue weighted by Crippen LogP contribution is -2.01. The summed E-state index contributed by atoms with van der Waals surface area (Å²) in [5.41, 5.74) is 6.08. The van der Waals surface area contributed by atoms with E-state index >= 15 is 0 Å². The van der Waals surface area contributed by atoms with Gasteiger partial charge in [-0.05, 0) is 23.8 Å². The highest BCUT2D eigenvalue weighted by atomic mass is 32.1. The van der Waals surface area contributed by atoms with Crippen LogP contribution in [0.3, 0.4) is 0 Å². The van der Waals surface area contributed by atoms with Crippen molar-refractivity contribution in [3.05, 3.63) is 180 Å². The lowest BCUT2D eigenvalue weighted by Gasteiger charge is -2.03. The molecule has 0 aliphatic heterocycles. The van der Waals surface area contributed by atoms with E-state index in [9.17, 15) is 0 Å². The lowest BCUT2D eigenvalue weighted by atomic mass is 10.2. The van der Waals surface area contributed by atoms with Crippen LogP contribution in [0.2, 0.25) is 0 Å². The number of aromatic amines is 6. The molecule has 0 radical (unpaired) electrons. The maximum absolute atomic E-state index is 5.30. The monoisotopic (exact) mass is 890 g/mol. The zero-order chi connectivity index (χ0) is 43.2. The average Bonchev–Trinajstić information content (AvgIpc) is 4.15. The fourth-order valence-electron chi connectivity index (χ4n) is 6.19. The molecule has 0 aromatic carbocycles. The van der Waals surface area contributed by atoms with Crippen LogP contribution in [0, 0.1) is 0 Å². The van der Waals surface area contributed by atoms with Crippen molar-refractivity contribution in [2.75, 3.05) is 0 Å². The highest BCUT2D eigenvalue weighted by Gasteiger charge is 2.11. The van der Waals surface area contributed by atoms with Crippen LogP contribution in [0.25, 0.3) is 46.6 Å². The van der Waals surface area contributed by atoms with Crippen molar-refractivity contribution >= 4 is 22.7 Å². The Kier molecular flexibility index (Phi) is 13.0. The second kappa shape index (κ2) is 20.4. The third-order valence-electron chi connectivity index (χ3n) is 9.08. The molecule has 320 valence electrons. The fraction of sp³-hybridized carbons (Fsp3) is 0.0952. The predicted octanol–water partition coefficient (Wildman–Crippen LogP) is 7.52. The van der Waals surface area contributed by atoms with Crippen LogP contribution >= 0.6 is 22.7 Å². The van der Waals surface area contributed by atoms with E-state index in [4.69, 9.17) is 8.83 Å². The predicted molar refractivity (Wildman–Crippen MR) is 237 cm³/mol. The molecule has 12 rings (SSSR count). The minimum Gasteiger partial charge on any atom is -0.472 e. The Bertz CT molecular complexity index is 2840. The van der Waals surface area contributed by atoms with E-state index in [1.165, 1.54) is 0 Å². The summed E-state index contributed by atoms with van der Waals surface area (Å²) in [5, 5.41) is 5.07. The molecule has 6 N–H and O–H groups in total. The largest absolute Gasteiger partial charge is 0.472 e. The molecular weight excluding hydrogens is 853 g/mol. The molecule has 0 atom stereocenters. The molecule has 0 saturated heterocycles. The molecule has 64 heavy (non-hydrogen) atoms. The van der Waals surface area contributed by atoms with Crippen molar-refractivity contribution in [3.8, 4) is 46.6 Å². The molecule has 22 heteroatoms. The Hall–Kier alpha value is -8.50. The van der Waals surface area contributed by atoms with Gasteiger partial charge < -0.3 is 47.9 Å².